The molecule has 6 nitrogen and oxygen atoms in total. The van der Waals surface area contributed by atoms with Gasteiger partial charge in [0, 0.05) is 0 Å². The number of amides is 3. The van der Waals surface area contributed by atoms with E-state index in [4.69, 9.17) is 5.73 Å². The van der Waals surface area contributed by atoms with Gasteiger partial charge in [-0.3, -0.25) is 4.79 Å². The highest BCUT2D eigenvalue weighted by molar-refractivity contribution is 5.87. The number of rotatable bonds is 7. The van der Waals surface area contributed by atoms with Crippen molar-refractivity contribution in [3.63, 3.8) is 0 Å². The molecule has 1 rings (SSSR count). The number of hydrogen-bond donors (Lipinski definition) is 4. The number of carbonyl (C=O) groups is 2. The second kappa shape index (κ2) is 8.26. The van der Waals surface area contributed by atoms with Crippen molar-refractivity contribution >= 4 is 11.9 Å². The lowest BCUT2D eigenvalue weighted by Gasteiger charge is -2.25. The van der Waals surface area contributed by atoms with Crippen molar-refractivity contribution < 1.29 is 14.7 Å². The van der Waals surface area contributed by atoms with E-state index < -0.39 is 18.1 Å². The lowest BCUT2D eigenvalue weighted by Crippen LogP contribution is -2.52. The summed E-state index contributed by atoms with van der Waals surface area (Å²) < 4.78 is 0. The molecule has 0 saturated carbocycles. The zero-order valence-electron chi connectivity index (χ0n) is 12.4. The Labute approximate surface area is 124 Å². The summed E-state index contributed by atoms with van der Waals surface area (Å²) in [5, 5.41) is 14.7. The van der Waals surface area contributed by atoms with Crippen LogP contribution in [0, 0.1) is 5.92 Å². The molecule has 0 radical (unpaired) electrons. The highest BCUT2D eigenvalue weighted by Gasteiger charge is 2.27. The molecular formula is C15H23N3O3. The Bertz CT molecular complexity index is 464. The average molecular weight is 293 g/mol. The van der Waals surface area contributed by atoms with Crippen LogP contribution in [0.25, 0.3) is 0 Å². The summed E-state index contributed by atoms with van der Waals surface area (Å²) >= 11 is 0. The van der Waals surface area contributed by atoms with Crippen molar-refractivity contribution in [2.45, 2.75) is 32.4 Å². The van der Waals surface area contributed by atoms with Gasteiger partial charge in [0.1, 0.15) is 6.04 Å². The van der Waals surface area contributed by atoms with Crippen LogP contribution in [-0.4, -0.2) is 29.7 Å². The monoisotopic (exact) mass is 293 g/mol. The van der Waals surface area contributed by atoms with Gasteiger partial charge < -0.3 is 21.5 Å². The molecule has 0 spiro atoms. The van der Waals surface area contributed by atoms with E-state index in [1.807, 2.05) is 44.2 Å². The van der Waals surface area contributed by atoms with Gasteiger partial charge in [0.15, 0.2) is 0 Å². The number of urea groups is 1. The van der Waals surface area contributed by atoms with Crippen LogP contribution in [0.15, 0.2) is 30.3 Å². The van der Waals surface area contributed by atoms with Gasteiger partial charge in [0.2, 0.25) is 5.91 Å². The topological polar surface area (TPSA) is 104 Å². The van der Waals surface area contributed by atoms with Crippen molar-refractivity contribution in [2.75, 3.05) is 6.61 Å². The molecule has 0 fully saturated rings. The summed E-state index contributed by atoms with van der Waals surface area (Å²) in [4.78, 5) is 23.4. The molecular weight excluding hydrogens is 270 g/mol. The third-order valence-corrected chi connectivity index (χ3v) is 3.49. The predicted octanol–water partition coefficient (Wildman–Crippen LogP) is 0.919. The quantitative estimate of drug-likeness (QED) is 0.601. The van der Waals surface area contributed by atoms with Crippen LogP contribution in [0.3, 0.4) is 0 Å². The van der Waals surface area contributed by atoms with E-state index >= 15 is 0 Å². The Hall–Kier alpha value is -2.08. The van der Waals surface area contributed by atoms with Gasteiger partial charge in [-0.1, -0.05) is 50.6 Å². The molecule has 0 heterocycles. The number of primary amides is 1. The van der Waals surface area contributed by atoms with E-state index in [0.717, 1.165) is 5.56 Å². The minimum absolute atomic E-state index is 0.0624. The van der Waals surface area contributed by atoms with Crippen LogP contribution >= 0.6 is 0 Å². The number of nitrogens with two attached hydrogens (primary N) is 1. The summed E-state index contributed by atoms with van der Waals surface area (Å²) in [6.07, 6.45) is 0.716. The molecule has 0 bridgehead atoms. The molecule has 1 aromatic carbocycles. The number of aliphatic hydroxyl groups excluding tert-OH is 1. The number of aliphatic hydroxyl groups is 1. The van der Waals surface area contributed by atoms with E-state index in [0.29, 0.717) is 6.42 Å². The van der Waals surface area contributed by atoms with Crippen molar-refractivity contribution in [1.29, 1.82) is 0 Å². The van der Waals surface area contributed by atoms with E-state index in [9.17, 15) is 14.7 Å². The van der Waals surface area contributed by atoms with Crippen molar-refractivity contribution in [3.8, 4) is 0 Å². The summed E-state index contributed by atoms with van der Waals surface area (Å²) in [5.74, 6) is -0.418. The Morgan fingerprint density at radius 3 is 2.33 bits per heavy atom. The van der Waals surface area contributed by atoms with Crippen LogP contribution in [0.5, 0.6) is 0 Å². The highest BCUT2D eigenvalue weighted by Crippen LogP contribution is 2.14. The standard InChI is InChI=1S/C15H23N3O3/c1-3-10(2)13(18-15(16)21)14(20)17-12(9-19)11-7-5-4-6-8-11/h4-8,10,12-13,19H,3,9H2,1-2H3,(H,17,20)(H3,16,18,21)/t10?,12-,13?/m1/s1. The molecule has 3 amide bonds. The largest absolute Gasteiger partial charge is 0.394 e. The van der Waals surface area contributed by atoms with Gasteiger partial charge in [-0.2, -0.15) is 0 Å². The number of benzene rings is 1. The summed E-state index contributed by atoms with van der Waals surface area (Å²) in [6, 6.07) is 7.19. The Morgan fingerprint density at radius 2 is 1.86 bits per heavy atom. The SMILES string of the molecule is CCC(C)C(NC(N)=O)C(=O)N[C@H](CO)c1ccccc1. The molecule has 0 saturated heterocycles. The Morgan fingerprint density at radius 1 is 1.24 bits per heavy atom. The molecule has 6 heteroatoms. The van der Waals surface area contributed by atoms with Gasteiger partial charge in [-0.25, -0.2) is 4.79 Å². The Balaban J connectivity index is 2.81. The molecule has 1 aromatic rings. The molecule has 3 atom stereocenters. The molecule has 0 aliphatic rings. The zero-order chi connectivity index (χ0) is 15.8. The lowest BCUT2D eigenvalue weighted by molar-refractivity contribution is -0.125. The molecule has 2 unspecified atom stereocenters. The fourth-order valence-corrected chi connectivity index (χ4v) is 2.04. The van der Waals surface area contributed by atoms with Gasteiger partial charge in [-0.15, -0.1) is 0 Å². The van der Waals surface area contributed by atoms with E-state index in [1.165, 1.54) is 0 Å². The fourth-order valence-electron chi connectivity index (χ4n) is 2.04. The third kappa shape index (κ3) is 5.07. The summed E-state index contributed by atoms with van der Waals surface area (Å²) in [7, 11) is 0. The molecule has 116 valence electrons. The Kier molecular flexibility index (Phi) is 6.68. The van der Waals surface area contributed by atoms with E-state index in [2.05, 4.69) is 10.6 Å². The highest BCUT2D eigenvalue weighted by atomic mass is 16.3. The fraction of sp³-hybridized carbons (Fsp3) is 0.467. The first-order valence-corrected chi connectivity index (χ1v) is 7.01. The maximum absolute atomic E-state index is 12.3. The first-order chi connectivity index (χ1) is 9.99. The van der Waals surface area contributed by atoms with Crippen molar-refractivity contribution in [2.24, 2.45) is 11.7 Å². The average Bonchev–Trinajstić information content (AvgIpc) is 2.49. The molecule has 5 N–H and O–H groups in total. The van der Waals surface area contributed by atoms with Crippen LogP contribution in [0.1, 0.15) is 31.9 Å². The van der Waals surface area contributed by atoms with Gasteiger partial charge in [0.05, 0.1) is 12.6 Å². The summed E-state index contributed by atoms with van der Waals surface area (Å²) in [6.45, 7) is 3.56. The molecule has 0 aliphatic carbocycles. The second-order valence-corrected chi connectivity index (χ2v) is 5.03. The van der Waals surface area contributed by atoms with Crippen LogP contribution in [0.4, 0.5) is 4.79 Å². The van der Waals surface area contributed by atoms with Crippen LogP contribution < -0.4 is 16.4 Å². The zero-order valence-corrected chi connectivity index (χ0v) is 12.4. The minimum Gasteiger partial charge on any atom is -0.394 e. The first-order valence-electron chi connectivity index (χ1n) is 7.01. The van der Waals surface area contributed by atoms with Gasteiger partial charge in [0.25, 0.3) is 0 Å². The molecule has 0 aromatic heterocycles. The van der Waals surface area contributed by atoms with Gasteiger partial charge >= 0.3 is 6.03 Å². The molecule has 0 aliphatic heterocycles. The molecule has 21 heavy (non-hydrogen) atoms. The minimum atomic E-state index is -0.740. The number of hydrogen-bond acceptors (Lipinski definition) is 3. The summed E-state index contributed by atoms with van der Waals surface area (Å²) in [5.41, 5.74) is 5.92. The first kappa shape index (κ1) is 17.0. The van der Waals surface area contributed by atoms with Gasteiger partial charge in [-0.05, 0) is 11.5 Å². The number of carbonyl (C=O) groups excluding carboxylic acids is 2. The maximum Gasteiger partial charge on any atom is 0.312 e. The third-order valence-electron chi connectivity index (χ3n) is 3.49. The maximum atomic E-state index is 12.3. The van der Waals surface area contributed by atoms with E-state index in [1.54, 1.807) is 0 Å². The lowest BCUT2D eigenvalue weighted by atomic mass is 9.97. The van der Waals surface area contributed by atoms with Crippen LogP contribution in [0.2, 0.25) is 0 Å². The predicted molar refractivity (Wildman–Crippen MR) is 80.4 cm³/mol. The van der Waals surface area contributed by atoms with E-state index in [-0.39, 0.29) is 18.4 Å². The number of nitrogens with one attached hydrogen (secondary N) is 2. The van der Waals surface area contributed by atoms with Crippen LogP contribution in [-0.2, 0) is 4.79 Å². The second-order valence-electron chi connectivity index (χ2n) is 5.03. The van der Waals surface area contributed by atoms with Crippen molar-refractivity contribution in [3.05, 3.63) is 35.9 Å². The normalized spacial score (nSPS) is 14.8. The smallest absolute Gasteiger partial charge is 0.312 e. The van der Waals surface area contributed by atoms with Crippen molar-refractivity contribution in [1.82, 2.24) is 10.6 Å².